The number of benzene rings is 1. The zero-order chi connectivity index (χ0) is 22.6. The first kappa shape index (κ1) is 22.2. The van der Waals surface area contributed by atoms with Crippen molar-refractivity contribution in [1.29, 1.82) is 0 Å². The Morgan fingerprint density at radius 3 is 2.61 bits per heavy atom. The molecule has 1 aromatic heterocycles. The van der Waals surface area contributed by atoms with E-state index >= 15 is 0 Å². The van der Waals surface area contributed by atoms with Crippen molar-refractivity contribution in [2.24, 2.45) is 10.7 Å². The van der Waals surface area contributed by atoms with E-state index in [9.17, 15) is 26.7 Å². The maximum Gasteiger partial charge on any atom is 0.418 e. The smallest absolute Gasteiger partial charge is 0.418 e. The number of amides is 1. The van der Waals surface area contributed by atoms with Gasteiger partial charge in [0.2, 0.25) is 5.88 Å². The lowest BCUT2D eigenvalue weighted by molar-refractivity contribution is -0.0501. The lowest BCUT2D eigenvalue weighted by Gasteiger charge is -2.33. The molecular formula is C18H15F5N4O4. The van der Waals surface area contributed by atoms with E-state index in [1.54, 1.807) is 0 Å². The molecule has 1 amide bonds. The molecular weight excluding hydrogens is 431 g/mol. The maximum atomic E-state index is 14.4. The third-order valence-corrected chi connectivity index (χ3v) is 4.09. The van der Waals surface area contributed by atoms with Gasteiger partial charge in [0.25, 0.3) is 6.43 Å². The van der Waals surface area contributed by atoms with Gasteiger partial charge in [-0.05, 0) is 24.3 Å². The number of aliphatic imine (C=N–C) groups is 1. The summed E-state index contributed by atoms with van der Waals surface area (Å²) in [7, 11) is 0. The molecule has 0 spiro atoms. The van der Waals surface area contributed by atoms with E-state index < -0.39 is 42.7 Å². The van der Waals surface area contributed by atoms with Gasteiger partial charge in [-0.3, -0.25) is 10.3 Å². The average Bonchev–Trinajstić information content (AvgIpc) is 2.70. The third kappa shape index (κ3) is 5.17. The van der Waals surface area contributed by atoms with Crippen molar-refractivity contribution in [1.82, 2.24) is 4.98 Å². The lowest BCUT2D eigenvalue weighted by atomic mass is 9.90. The van der Waals surface area contributed by atoms with Crippen LogP contribution in [0.3, 0.4) is 0 Å². The predicted octanol–water partition coefficient (Wildman–Crippen LogP) is 3.28. The second-order valence-corrected chi connectivity index (χ2v) is 6.24. The molecule has 0 bridgehead atoms. The molecule has 0 radical (unpaired) electrons. The number of pyridine rings is 1. The monoisotopic (exact) mass is 446 g/mol. The Balaban J connectivity index is 1.77. The van der Waals surface area contributed by atoms with Crippen molar-refractivity contribution < 1.29 is 41.0 Å². The fraction of sp³-hybridized carbons (Fsp3) is 0.278. The van der Waals surface area contributed by atoms with Crippen LogP contribution in [-0.2, 0) is 10.3 Å². The van der Waals surface area contributed by atoms with Crippen LogP contribution in [0.2, 0.25) is 0 Å². The van der Waals surface area contributed by atoms with Crippen LogP contribution in [0.5, 0.6) is 11.6 Å². The summed E-state index contributed by atoms with van der Waals surface area (Å²) in [6, 6.07) is 5.13. The molecule has 0 saturated carbocycles. The van der Waals surface area contributed by atoms with Gasteiger partial charge in [0.15, 0.2) is 5.54 Å². The number of hydrogen-bond acceptors (Lipinski definition) is 7. The van der Waals surface area contributed by atoms with E-state index in [0.717, 1.165) is 36.5 Å². The Hall–Kier alpha value is -3.48. The summed E-state index contributed by atoms with van der Waals surface area (Å²) >= 11 is 0. The van der Waals surface area contributed by atoms with Crippen LogP contribution in [0, 0.1) is 5.82 Å². The highest BCUT2D eigenvalue weighted by atomic mass is 19.3. The van der Waals surface area contributed by atoms with Gasteiger partial charge in [-0.2, -0.15) is 8.78 Å². The number of halogens is 5. The van der Waals surface area contributed by atoms with Crippen LogP contribution in [0.4, 0.5) is 32.4 Å². The summed E-state index contributed by atoms with van der Waals surface area (Å²) in [6.45, 7) is -3.84. The van der Waals surface area contributed by atoms with E-state index in [0.29, 0.717) is 0 Å². The van der Waals surface area contributed by atoms with E-state index in [4.69, 9.17) is 15.2 Å². The number of nitrogens with zero attached hydrogens (tertiary/aromatic N) is 2. The molecule has 3 rings (SSSR count). The van der Waals surface area contributed by atoms with E-state index in [1.807, 2.05) is 0 Å². The van der Waals surface area contributed by atoms with Crippen molar-refractivity contribution in [3.8, 4) is 11.6 Å². The Labute approximate surface area is 171 Å². The number of nitrogens with one attached hydrogen (secondary N) is 1. The number of carbonyl (C=O) groups is 1. The Morgan fingerprint density at radius 2 is 2.00 bits per heavy atom. The molecule has 8 nitrogen and oxygen atoms in total. The number of alkyl halides is 4. The first-order valence-corrected chi connectivity index (χ1v) is 8.59. The summed E-state index contributed by atoms with van der Waals surface area (Å²) in [5.41, 5.74) is 2.50. The first-order valence-electron chi connectivity index (χ1n) is 8.59. The van der Waals surface area contributed by atoms with Gasteiger partial charge in [-0.15, -0.1) is 0 Å². The molecule has 3 N–H and O–H groups in total. The van der Waals surface area contributed by atoms with Gasteiger partial charge in [-0.1, -0.05) is 0 Å². The molecule has 0 unspecified atom stereocenters. The molecule has 1 aromatic carbocycles. The minimum absolute atomic E-state index is 0.0848. The van der Waals surface area contributed by atoms with Crippen LogP contribution < -0.4 is 20.5 Å². The number of nitrogens with two attached hydrogens (primary N) is 1. The fourth-order valence-electron chi connectivity index (χ4n) is 2.77. The molecule has 166 valence electrons. The Morgan fingerprint density at radius 1 is 1.23 bits per heavy atom. The van der Waals surface area contributed by atoms with Crippen LogP contribution >= 0.6 is 0 Å². The number of hydrogen-bond donors (Lipinski definition) is 2. The second kappa shape index (κ2) is 9.12. The van der Waals surface area contributed by atoms with Gasteiger partial charge in [-0.25, -0.2) is 22.9 Å². The van der Waals surface area contributed by atoms with E-state index in [-0.39, 0.29) is 29.8 Å². The number of anilines is 1. The minimum atomic E-state index is -3.15. The minimum Gasteiger partial charge on any atom is -0.433 e. The SMILES string of the molecule is NC1=N[C@@](c2cc(NC(=O)Oc3ccc(OC(F)F)cn3)ccc2F)(C(F)F)COC1. The predicted molar refractivity (Wildman–Crippen MR) is 97.0 cm³/mol. The highest BCUT2D eigenvalue weighted by Crippen LogP contribution is 2.38. The van der Waals surface area contributed by atoms with Crippen molar-refractivity contribution >= 4 is 17.6 Å². The van der Waals surface area contributed by atoms with Gasteiger partial charge in [0, 0.05) is 17.3 Å². The van der Waals surface area contributed by atoms with E-state index in [2.05, 4.69) is 20.0 Å². The molecule has 1 aliphatic heterocycles. The number of amidine groups is 1. The molecule has 2 aromatic rings. The maximum absolute atomic E-state index is 14.4. The molecule has 31 heavy (non-hydrogen) atoms. The summed E-state index contributed by atoms with van der Waals surface area (Å²) in [6.07, 6.45) is -3.34. The zero-order valence-electron chi connectivity index (χ0n) is 15.5. The van der Waals surface area contributed by atoms with Crippen molar-refractivity contribution in [3.05, 3.63) is 47.9 Å². The molecule has 1 aliphatic rings. The largest absolute Gasteiger partial charge is 0.433 e. The van der Waals surface area contributed by atoms with Gasteiger partial charge < -0.3 is 19.9 Å². The molecule has 0 saturated heterocycles. The van der Waals surface area contributed by atoms with Crippen molar-refractivity contribution in [3.63, 3.8) is 0 Å². The van der Waals surface area contributed by atoms with Crippen LogP contribution in [-0.4, -0.2) is 43.2 Å². The molecule has 2 heterocycles. The van der Waals surface area contributed by atoms with E-state index in [1.165, 1.54) is 0 Å². The number of aromatic nitrogens is 1. The third-order valence-electron chi connectivity index (χ3n) is 4.09. The normalized spacial score (nSPS) is 18.6. The molecule has 1 atom stereocenters. The van der Waals surface area contributed by atoms with Crippen LogP contribution in [0.1, 0.15) is 5.56 Å². The highest BCUT2D eigenvalue weighted by Gasteiger charge is 2.46. The zero-order valence-corrected chi connectivity index (χ0v) is 15.5. The summed E-state index contributed by atoms with van der Waals surface area (Å²) in [5.74, 6) is -1.74. The summed E-state index contributed by atoms with van der Waals surface area (Å²) in [5, 5.41) is 2.23. The van der Waals surface area contributed by atoms with Crippen molar-refractivity contribution in [2.45, 2.75) is 18.6 Å². The lowest BCUT2D eigenvalue weighted by Crippen LogP contribution is -2.45. The Bertz CT molecular complexity index is 974. The number of rotatable bonds is 6. The standard InChI is InChI=1S/C18H15F5N4O4/c19-12-3-1-9(5-11(12)18(15(20)21)8-29-7-13(24)27-18)26-17(28)31-14-4-2-10(6-25-14)30-16(22)23/h1-6,15-16H,7-8H2,(H2,24,27)(H,26,28)/t18-/m0/s1. The van der Waals surface area contributed by atoms with Gasteiger partial charge >= 0.3 is 12.7 Å². The van der Waals surface area contributed by atoms with Gasteiger partial charge in [0.05, 0.1) is 12.8 Å². The number of carbonyl (C=O) groups excluding carboxylic acids is 1. The summed E-state index contributed by atoms with van der Waals surface area (Å²) < 4.78 is 80.3. The quantitative estimate of drug-likeness (QED) is 0.660. The van der Waals surface area contributed by atoms with Crippen LogP contribution in [0.25, 0.3) is 0 Å². The second-order valence-electron chi connectivity index (χ2n) is 6.24. The summed E-state index contributed by atoms with van der Waals surface area (Å²) in [4.78, 5) is 19.4. The molecule has 13 heteroatoms. The molecule has 0 aliphatic carbocycles. The topological polar surface area (TPSA) is 108 Å². The Kier molecular flexibility index (Phi) is 6.53. The van der Waals surface area contributed by atoms with Gasteiger partial charge in [0.1, 0.15) is 24.0 Å². The van der Waals surface area contributed by atoms with Crippen molar-refractivity contribution in [2.75, 3.05) is 18.5 Å². The molecule has 0 fully saturated rings. The van der Waals surface area contributed by atoms with Crippen LogP contribution in [0.15, 0.2) is 41.5 Å². The average molecular weight is 446 g/mol. The highest BCUT2D eigenvalue weighted by molar-refractivity contribution is 5.86. The fourth-order valence-corrected chi connectivity index (χ4v) is 2.77. The number of ether oxygens (including phenoxy) is 3. The first-order chi connectivity index (χ1) is 14.7.